The summed E-state index contributed by atoms with van der Waals surface area (Å²) in [6, 6.07) is 8.93. The molecule has 0 saturated carbocycles. The first-order chi connectivity index (χ1) is 13.3. The summed E-state index contributed by atoms with van der Waals surface area (Å²) in [5.41, 5.74) is 0.454. The number of likely N-dealkylation sites (N-methyl/N-ethyl adjacent to an activating group) is 1. The highest BCUT2D eigenvalue weighted by atomic mass is 35.5. The average molecular weight is 426 g/mol. The Balaban J connectivity index is 1.80. The monoisotopic (exact) mass is 425 g/mol. The van der Waals surface area contributed by atoms with Crippen LogP contribution in [0.25, 0.3) is 0 Å². The normalized spacial score (nSPS) is 15.5. The van der Waals surface area contributed by atoms with Crippen LogP contribution in [0.15, 0.2) is 47.4 Å². The molecule has 1 fully saturated rings. The van der Waals surface area contributed by atoms with Gasteiger partial charge >= 0.3 is 0 Å². The molecule has 9 heteroatoms. The van der Waals surface area contributed by atoms with Gasteiger partial charge in [0.2, 0.25) is 0 Å². The van der Waals surface area contributed by atoms with Gasteiger partial charge in [0.25, 0.3) is 15.9 Å². The van der Waals surface area contributed by atoms with Crippen LogP contribution in [-0.2, 0) is 10.0 Å². The summed E-state index contributed by atoms with van der Waals surface area (Å²) in [6.45, 7) is 5.87. The third kappa shape index (κ3) is 4.63. The summed E-state index contributed by atoms with van der Waals surface area (Å²) < 4.78 is 40.5. The van der Waals surface area contributed by atoms with Crippen molar-refractivity contribution in [3.05, 3.63) is 58.9 Å². The van der Waals surface area contributed by atoms with Crippen LogP contribution in [0.5, 0.6) is 0 Å². The van der Waals surface area contributed by atoms with Gasteiger partial charge in [0.15, 0.2) is 0 Å². The van der Waals surface area contributed by atoms with Crippen molar-refractivity contribution >= 4 is 33.2 Å². The number of hydrogen-bond acceptors (Lipinski definition) is 4. The molecule has 1 aliphatic heterocycles. The highest BCUT2D eigenvalue weighted by molar-refractivity contribution is 7.92. The number of nitrogens with one attached hydrogen (secondary N) is 1. The fraction of sp³-hybridized carbons (Fsp3) is 0.316. The minimum absolute atomic E-state index is 0.0996. The molecule has 2 aromatic carbocycles. The van der Waals surface area contributed by atoms with E-state index in [9.17, 15) is 17.6 Å². The minimum Gasteiger partial charge on any atom is -0.336 e. The zero-order valence-electron chi connectivity index (χ0n) is 15.4. The van der Waals surface area contributed by atoms with Crippen LogP contribution in [0, 0.1) is 5.82 Å². The summed E-state index contributed by atoms with van der Waals surface area (Å²) in [6.07, 6.45) is 0. The first kappa shape index (κ1) is 20.6. The summed E-state index contributed by atoms with van der Waals surface area (Å²) in [5, 5.41) is 0.165. The molecule has 3 rings (SSSR count). The van der Waals surface area contributed by atoms with E-state index in [1.807, 2.05) is 0 Å². The first-order valence-electron chi connectivity index (χ1n) is 8.89. The number of nitrogens with zero attached hydrogens (tertiary/aromatic N) is 2. The van der Waals surface area contributed by atoms with Crippen LogP contribution in [0.3, 0.4) is 0 Å². The quantitative estimate of drug-likeness (QED) is 0.799. The van der Waals surface area contributed by atoms with Crippen LogP contribution in [0.2, 0.25) is 5.02 Å². The van der Waals surface area contributed by atoms with Gasteiger partial charge < -0.3 is 9.80 Å². The van der Waals surface area contributed by atoms with E-state index in [0.717, 1.165) is 43.9 Å². The van der Waals surface area contributed by atoms with E-state index < -0.39 is 15.8 Å². The van der Waals surface area contributed by atoms with E-state index >= 15 is 0 Å². The summed E-state index contributed by atoms with van der Waals surface area (Å²) in [7, 11) is -3.96. The fourth-order valence-electron chi connectivity index (χ4n) is 3.00. The lowest BCUT2D eigenvalue weighted by molar-refractivity contribution is 0.0643. The number of benzene rings is 2. The second kappa shape index (κ2) is 8.46. The maximum Gasteiger partial charge on any atom is 0.261 e. The van der Waals surface area contributed by atoms with E-state index in [-0.39, 0.29) is 21.5 Å². The van der Waals surface area contributed by atoms with Crippen LogP contribution in [0.1, 0.15) is 17.3 Å². The van der Waals surface area contributed by atoms with Crippen molar-refractivity contribution in [2.24, 2.45) is 0 Å². The van der Waals surface area contributed by atoms with Crippen LogP contribution in [-0.4, -0.2) is 56.8 Å². The number of amides is 1. The maximum atomic E-state index is 13.0. The molecule has 0 spiro atoms. The second-order valence-electron chi connectivity index (χ2n) is 6.48. The van der Waals surface area contributed by atoms with E-state index in [1.54, 1.807) is 11.0 Å². The Kier molecular flexibility index (Phi) is 6.22. The Morgan fingerprint density at radius 3 is 2.36 bits per heavy atom. The van der Waals surface area contributed by atoms with E-state index in [0.29, 0.717) is 18.7 Å². The van der Waals surface area contributed by atoms with Gasteiger partial charge in [0.05, 0.1) is 15.6 Å². The van der Waals surface area contributed by atoms with Gasteiger partial charge in [-0.3, -0.25) is 9.52 Å². The number of carbonyl (C=O) groups is 1. The van der Waals surface area contributed by atoms with Crippen molar-refractivity contribution in [3.8, 4) is 0 Å². The zero-order valence-corrected chi connectivity index (χ0v) is 16.9. The van der Waals surface area contributed by atoms with Gasteiger partial charge in [-0.1, -0.05) is 18.5 Å². The molecule has 0 radical (unpaired) electrons. The summed E-state index contributed by atoms with van der Waals surface area (Å²) in [5.74, 6) is -0.706. The predicted octanol–water partition coefficient (Wildman–Crippen LogP) is 3.06. The number of sulfonamides is 1. The first-order valence-corrected chi connectivity index (χ1v) is 10.8. The molecule has 150 valence electrons. The predicted molar refractivity (Wildman–Crippen MR) is 107 cm³/mol. The maximum absolute atomic E-state index is 13.0. The molecule has 1 N–H and O–H groups in total. The molecule has 1 aliphatic rings. The number of piperazine rings is 1. The second-order valence-corrected chi connectivity index (χ2v) is 8.57. The van der Waals surface area contributed by atoms with Gasteiger partial charge in [0, 0.05) is 31.7 Å². The summed E-state index contributed by atoms with van der Waals surface area (Å²) >= 11 is 6.12. The van der Waals surface area contributed by atoms with Gasteiger partial charge in [-0.25, -0.2) is 12.8 Å². The lowest BCUT2D eigenvalue weighted by atomic mass is 10.1. The molecule has 1 heterocycles. The highest BCUT2D eigenvalue weighted by Crippen LogP contribution is 2.27. The Hall–Kier alpha value is -2.16. The topological polar surface area (TPSA) is 69.7 Å². The summed E-state index contributed by atoms with van der Waals surface area (Å²) in [4.78, 5) is 16.7. The van der Waals surface area contributed by atoms with Gasteiger partial charge in [-0.15, -0.1) is 0 Å². The minimum atomic E-state index is -3.96. The average Bonchev–Trinajstić information content (AvgIpc) is 2.69. The molecule has 0 unspecified atom stereocenters. The van der Waals surface area contributed by atoms with Gasteiger partial charge in [-0.2, -0.15) is 0 Å². The molecule has 28 heavy (non-hydrogen) atoms. The van der Waals surface area contributed by atoms with Crippen LogP contribution < -0.4 is 4.72 Å². The Labute approximate surface area is 168 Å². The van der Waals surface area contributed by atoms with Crippen LogP contribution >= 0.6 is 11.6 Å². The lowest BCUT2D eigenvalue weighted by Crippen LogP contribution is -2.48. The molecular weight excluding hydrogens is 405 g/mol. The highest BCUT2D eigenvalue weighted by Gasteiger charge is 2.23. The Morgan fingerprint density at radius 1 is 1.11 bits per heavy atom. The van der Waals surface area contributed by atoms with Crippen LogP contribution in [0.4, 0.5) is 10.1 Å². The number of halogens is 2. The number of anilines is 1. The molecule has 0 aromatic heterocycles. The number of rotatable bonds is 5. The third-order valence-electron chi connectivity index (χ3n) is 4.69. The SMILES string of the molecule is CCN1CCN(C(=O)c2ccc(Cl)c(NS(=O)(=O)c3ccc(F)cc3)c2)CC1. The molecular formula is C19H21ClFN3O3S. The van der Waals surface area contributed by atoms with Gasteiger partial charge in [0.1, 0.15) is 5.82 Å². The van der Waals surface area contributed by atoms with Gasteiger partial charge in [-0.05, 0) is 49.0 Å². The molecule has 0 atom stereocenters. The number of carbonyl (C=O) groups excluding carboxylic acids is 1. The third-order valence-corrected chi connectivity index (χ3v) is 6.40. The van der Waals surface area contributed by atoms with E-state index in [1.165, 1.54) is 12.1 Å². The molecule has 6 nitrogen and oxygen atoms in total. The van der Waals surface area contributed by atoms with Crippen molar-refractivity contribution in [1.82, 2.24) is 9.80 Å². The van der Waals surface area contributed by atoms with Crippen molar-refractivity contribution in [1.29, 1.82) is 0 Å². The fourth-order valence-corrected chi connectivity index (χ4v) is 4.30. The number of hydrogen-bond donors (Lipinski definition) is 1. The van der Waals surface area contributed by atoms with Crippen molar-refractivity contribution in [2.75, 3.05) is 37.4 Å². The molecule has 0 aliphatic carbocycles. The molecule has 0 bridgehead atoms. The Bertz CT molecular complexity index is 959. The lowest BCUT2D eigenvalue weighted by Gasteiger charge is -2.34. The van der Waals surface area contributed by atoms with Crippen molar-refractivity contribution in [3.63, 3.8) is 0 Å². The van der Waals surface area contributed by atoms with E-state index in [2.05, 4.69) is 16.5 Å². The molecule has 2 aromatic rings. The van der Waals surface area contributed by atoms with E-state index in [4.69, 9.17) is 11.6 Å². The smallest absolute Gasteiger partial charge is 0.261 e. The molecule has 1 amide bonds. The largest absolute Gasteiger partial charge is 0.336 e. The standard InChI is InChI=1S/C19H21ClFN3O3S/c1-2-23-9-11-24(12-10-23)19(25)14-3-8-17(20)18(13-14)22-28(26,27)16-6-4-15(21)5-7-16/h3-8,13,22H,2,9-12H2,1H3. The zero-order chi connectivity index (χ0) is 20.3. The van der Waals surface area contributed by atoms with Crippen molar-refractivity contribution in [2.45, 2.75) is 11.8 Å². The Morgan fingerprint density at radius 2 is 1.75 bits per heavy atom. The van der Waals surface area contributed by atoms with Crippen molar-refractivity contribution < 1.29 is 17.6 Å². The molecule has 1 saturated heterocycles.